The predicted molar refractivity (Wildman–Crippen MR) is 104 cm³/mol. The average Bonchev–Trinajstić information content (AvgIpc) is 2.72. The van der Waals surface area contributed by atoms with Crippen molar-refractivity contribution in [2.45, 2.75) is 19.4 Å². The highest BCUT2D eigenvalue weighted by Crippen LogP contribution is 2.36. The molecule has 4 rings (SSSR count). The molecular weight excluding hydrogens is 378 g/mol. The number of nitrogens with zero attached hydrogens (tertiary/aromatic N) is 2. The Morgan fingerprint density at radius 3 is 2.69 bits per heavy atom. The summed E-state index contributed by atoms with van der Waals surface area (Å²) >= 11 is 0. The molecule has 2 heterocycles. The van der Waals surface area contributed by atoms with Crippen molar-refractivity contribution in [2.24, 2.45) is 0 Å². The Morgan fingerprint density at radius 1 is 1.14 bits per heavy atom. The zero-order chi connectivity index (χ0) is 20.4. The van der Waals surface area contributed by atoms with E-state index in [1.54, 1.807) is 24.5 Å². The van der Waals surface area contributed by atoms with Gasteiger partial charge in [-0.1, -0.05) is 12.1 Å². The fourth-order valence-electron chi connectivity index (χ4n) is 3.15. The van der Waals surface area contributed by atoms with Crippen LogP contribution in [-0.4, -0.2) is 22.5 Å². The van der Waals surface area contributed by atoms with Gasteiger partial charge in [0.25, 0.3) is 5.91 Å². The molecule has 0 radical (unpaired) electrons. The van der Waals surface area contributed by atoms with Gasteiger partial charge < -0.3 is 15.4 Å². The summed E-state index contributed by atoms with van der Waals surface area (Å²) in [5, 5.41) is 5.85. The van der Waals surface area contributed by atoms with Gasteiger partial charge in [-0.15, -0.1) is 0 Å². The maximum absolute atomic E-state index is 13.4. The van der Waals surface area contributed by atoms with Gasteiger partial charge in [0, 0.05) is 36.1 Å². The minimum absolute atomic E-state index is 0.127. The molecular formula is C21H18F2N4O2. The molecule has 2 aromatic carbocycles. The number of aryl methyl sites for hydroxylation is 1. The molecule has 0 saturated carbocycles. The molecule has 8 heteroatoms. The van der Waals surface area contributed by atoms with Crippen LogP contribution in [0.4, 0.5) is 20.4 Å². The summed E-state index contributed by atoms with van der Waals surface area (Å²) in [6.07, 6.45) is 4.13. The highest BCUT2D eigenvalue weighted by Gasteiger charge is 2.26. The van der Waals surface area contributed by atoms with E-state index in [4.69, 9.17) is 4.74 Å². The summed E-state index contributed by atoms with van der Waals surface area (Å²) in [6.45, 7) is 2.32. The number of nitrogens with one attached hydrogen (secondary N) is 2. The molecule has 6 nitrogen and oxygen atoms in total. The number of para-hydroxylation sites is 1. The fraction of sp³-hybridized carbons (Fsp3) is 0.190. The first-order valence-electron chi connectivity index (χ1n) is 9.08. The van der Waals surface area contributed by atoms with Crippen LogP contribution >= 0.6 is 0 Å². The molecule has 1 amide bonds. The first kappa shape index (κ1) is 18.8. The van der Waals surface area contributed by atoms with Crippen molar-refractivity contribution >= 4 is 17.5 Å². The number of carbonyl (C=O) groups is 1. The Morgan fingerprint density at radius 2 is 1.93 bits per heavy atom. The molecule has 0 fully saturated rings. The maximum atomic E-state index is 13.4. The second-order valence-corrected chi connectivity index (χ2v) is 6.73. The zero-order valence-corrected chi connectivity index (χ0v) is 15.6. The van der Waals surface area contributed by atoms with E-state index in [0.29, 0.717) is 30.3 Å². The third kappa shape index (κ3) is 4.01. The number of halogens is 2. The fourth-order valence-corrected chi connectivity index (χ4v) is 3.15. The SMILES string of the molecule is Cc1cnc(N[C@H]2CCOc3c(C(=O)Nc4ccc(F)c(F)c4)cccc32)nc1. The van der Waals surface area contributed by atoms with Gasteiger partial charge >= 0.3 is 0 Å². The molecule has 29 heavy (non-hydrogen) atoms. The van der Waals surface area contributed by atoms with Crippen molar-refractivity contribution in [3.05, 3.63) is 77.1 Å². The smallest absolute Gasteiger partial charge is 0.259 e. The number of aromatic nitrogens is 2. The molecule has 0 spiro atoms. The van der Waals surface area contributed by atoms with E-state index in [1.165, 1.54) is 6.07 Å². The third-order valence-corrected chi connectivity index (χ3v) is 4.58. The number of hydrogen-bond acceptors (Lipinski definition) is 5. The quantitative estimate of drug-likeness (QED) is 0.690. The van der Waals surface area contributed by atoms with Crippen LogP contribution in [0.2, 0.25) is 0 Å². The lowest BCUT2D eigenvalue weighted by Crippen LogP contribution is -2.24. The van der Waals surface area contributed by atoms with Crippen molar-refractivity contribution in [2.75, 3.05) is 17.2 Å². The standard InChI is InChI=1S/C21H18F2N4O2/c1-12-10-24-21(25-11-12)27-18-7-8-29-19-14(18)3-2-4-15(19)20(28)26-13-5-6-16(22)17(23)9-13/h2-6,9-11,18H,7-8H2,1H3,(H,26,28)(H,24,25,27)/t18-/m0/s1. The summed E-state index contributed by atoms with van der Waals surface area (Å²) in [6, 6.07) is 8.31. The number of rotatable bonds is 4. The van der Waals surface area contributed by atoms with E-state index >= 15 is 0 Å². The second kappa shape index (κ2) is 7.83. The largest absolute Gasteiger partial charge is 0.492 e. The molecule has 2 N–H and O–H groups in total. The maximum Gasteiger partial charge on any atom is 0.259 e. The van der Waals surface area contributed by atoms with Crippen molar-refractivity contribution < 1.29 is 18.3 Å². The molecule has 1 aromatic heterocycles. The molecule has 148 valence electrons. The van der Waals surface area contributed by atoms with Gasteiger partial charge in [0.05, 0.1) is 18.2 Å². The first-order chi connectivity index (χ1) is 14.0. The Kier molecular flexibility index (Phi) is 5.07. The van der Waals surface area contributed by atoms with Gasteiger partial charge in [-0.25, -0.2) is 18.7 Å². The third-order valence-electron chi connectivity index (χ3n) is 4.58. The predicted octanol–water partition coefficient (Wildman–Crippen LogP) is 4.25. The van der Waals surface area contributed by atoms with Crippen LogP contribution in [0.5, 0.6) is 5.75 Å². The molecule has 0 bridgehead atoms. The summed E-state index contributed by atoms with van der Waals surface area (Å²) in [7, 11) is 0. The van der Waals surface area contributed by atoms with Crippen LogP contribution in [-0.2, 0) is 0 Å². The molecule has 1 atom stereocenters. The number of benzene rings is 2. The van der Waals surface area contributed by atoms with Gasteiger partial charge in [0.15, 0.2) is 11.6 Å². The highest BCUT2D eigenvalue weighted by molar-refractivity contribution is 6.06. The lowest BCUT2D eigenvalue weighted by atomic mass is 9.97. The normalized spacial score (nSPS) is 15.2. The van der Waals surface area contributed by atoms with Gasteiger partial charge in [-0.2, -0.15) is 0 Å². The Balaban J connectivity index is 1.59. The number of amides is 1. The number of anilines is 2. The Labute approximate surface area is 166 Å². The molecule has 1 aliphatic heterocycles. The zero-order valence-electron chi connectivity index (χ0n) is 15.6. The van der Waals surface area contributed by atoms with Crippen molar-refractivity contribution in [3.63, 3.8) is 0 Å². The minimum Gasteiger partial charge on any atom is -0.492 e. The number of carbonyl (C=O) groups excluding carboxylic acids is 1. The summed E-state index contributed by atoms with van der Waals surface area (Å²) in [4.78, 5) is 21.3. The van der Waals surface area contributed by atoms with Gasteiger partial charge in [0.1, 0.15) is 5.75 Å². The summed E-state index contributed by atoms with van der Waals surface area (Å²) in [5.41, 5.74) is 2.23. The van der Waals surface area contributed by atoms with Crippen LogP contribution in [0.25, 0.3) is 0 Å². The van der Waals surface area contributed by atoms with E-state index in [1.807, 2.05) is 13.0 Å². The van der Waals surface area contributed by atoms with Crippen LogP contribution in [0.3, 0.4) is 0 Å². The molecule has 0 aliphatic carbocycles. The van der Waals surface area contributed by atoms with Gasteiger partial charge in [-0.3, -0.25) is 4.79 Å². The van der Waals surface area contributed by atoms with E-state index in [0.717, 1.165) is 23.3 Å². The van der Waals surface area contributed by atoms with Crippen LogP contribution in [0.15, 0.2) is 48.8 Å². The van der Waals surface area contributed by atoms with Gasteiger partial charge in [-0.05, 0) is 30.7 Å². The summed E-state index contributed by atoms with van der Waals surface area (Å²) < 4.78 is 32.3. The second-order valence-electron chi connectivity index (χ2n) is 6.73. The molecule has 1 aliphatic rings. The van der Waals surface area contributed by atoms with Crippen molar-refractivity contribution in [1.82, 2.24) is 9.97 Å². The van der Waals surface area contributed by atoms with E-state index in [2.05, 4.69) is 20.6 Å². The number of ether oxygens (including phenoxy) is 1. The minimum atomic E-state index is -1.03. The highest BCUT2D eigenvalue weighted by atomic mass is 19.2. The Hall–Kier alpha value is -3.55. The van der Waals surface area contributed by atoms with Crippen LogP contribution in [0, 0.1) is 18.6 Å². The lowest BCUT2D eigenvalue weighted by Gasteiger charge is -2.28. The first-order valence-corrected chi connectivity index (χ1v) is 9.08. The van der Waals surface area contributed by atoms with Crippen LogP contribution < -0.4 is 15.4 Å². The van der Waals surface area contributed by atoms with E-state index < -0.39 is 17.5 Å². The monoisotopic (exact) mass is 396 g/mol. The lowest BCUT2D eigenvalue weighted by molar-refractivity contribution is 0.102. The number of fused-ring (bicyclic) bond motifs is 1. The molecule has 0 saturated heterocycles. The Bertz CT molecular complexity index is 1060. The van der Waals surface area contributed by atoms with E-state index in [-0.39, 0.29) is 11.7 Å². The van der Waals surface area contributed by atoms with Gasteiger partial charge in [0.2, 0.25) is 5.95 Å². The van der Waals surface area contributed by atoms with Crippen LogP contribution in [0.1, 0.15) is 33.9 Å². The average molecular weight is 396 g/mol. The summed E-state index contributed by atoms with van der Waals surface area (Å²) in [5.74, 6) is -1.54. The van der Waals surface area contributed by atoms with E-state index in [9.17, 15) is 13.6 Å². The molecule has 0 unspecified atom stereocenters. The van der Waals surface area contributed by atoms with Crippen molar-refractivity contribution in [3.8, 4) is 5.75 Å². The number of hydrogen-bond donors (Lipinski definition) is 2. The topological polar surface area (TPSA) is 76.1 Å². The van der Waals surface area contributed by atoms with Crippen molar-refractivity contribution in [1.29, 1.82) is 0 Å². The molecule has 3 aromatic rings.